The van der Waals surface area contributed by atoms with Crippen molar-refractivity contribution in [3.05, 3.63) is 64.1 Å². The fourth-order valence-corrected chi connectivity index (χ4v) is 3.23. The fraction of sp³-hybridized carbons (Fsp3) is 0.300. The first-order valence-electron chi connectivity index (χ1n) is 8.57. The number of amides is 2. The fourth-order valence-electron chi connectivity index (χ4n) is 2.66. The van der Waals surface area contributed by atoms with Crippen molar-refractivity contribution >= 4 is 40.9 Å². The molecule has 150 valence electrons. The number of methoxy groups -OCH3 is 1. The van der Waals surface area contributed by atoms with E-state index in [-0.39, 0.29) is 5.91 Å². The number of benzene rings is 2. The molecule has 0 aliphatic heterocycles. The Kier molecular flexibility index (Phi) is 7.29. The highest BCUT2D eigenvalue weighted by atomic mass is 35.5. The molecule has 6 nitrogen and oxygen atoms in total. The quantitative estimate of drug-likeness (QED) is 0.718. The number of hydrogen-bond acceptors (Lipinski definition) is 4. The largest absolute Gasteiger partial charge is 0.451 e. The molecule has 0 saturated heterocycles. The van der Waals surface area contributed by atoms with E-state index in [9.17, 15) is 9.59 Å². The number of hydrogen-bond donors (Lipinski definition) is 1. The van der Waals surface area contributed by atoms with Gasteiger partial charge in [0.05, 0.1) is 18.3 Å². The van der Waals surface area contributed by atoms with Gasteiger partial charge >= 0.3 is 6.09 Å². The topological polar surface area (TPSA) is 61.9 Å². The van der Waals surface area contributed by atoms with Crippen molar-refractivity contribution in [2.45, 2.75) is 25.9 Å². The second-order valence-corrected chi connectivity index (χ2v) is 7.58. The summed E-state index contributed by atoms with van der Waals surface area (Å²) in [5, 5.41) is 6.64. The van der Waals surface area contributed by atoms with Gasteiger partial charge in [0.1, 0.15) is 0 Å². The zero-order chi connectivity index (χ0) is 20.9. The lowest BCUT2D eigenvalue weighted by Gasteiger charge is -2.36. The number of carbonyl (C=O) groups excluding carboxylic acids is 2. The van der Waals surface area contributed by atoms with Gasteiger partial charge in [0.2, 0.25) is 0 Å². The van der Waals surface area contributed by atoms with Gasteiger partial charge in [-0.25, -0.2) is 9.80 Å². The van der Waals surface area contributed by atoms with Crippen molar-refractivity contribution < 1.29 is 14.3 Å². The molecule has 0 atom stereocenters. The molecule has 1 N–H and O–H groups in total. The van der Waals surface area contributed by atoms with Gasteiger partial charge in [-0.15, -0.1) is 0 Å². The SMILES string of the molecule is COC(=O)N(c1ccccc1)N(C)C(=O)C(C)(C)NCc1cc(Cl)cc(Cl)c1. The monoisotopic (exact) mass is 423 g/mol. The molecule has 0 fully saturated rings. The molecule has 0 saturated carbocycles. The van der Waals surface area contributed by atoms with Crippen LogP contribution in [0, 0.1) is 0 Å². The molecule has 28 heavy (non-hydrogen) atoms. The average molecular weight is 424 g/mol. The lowest BCUT2D eigenvalue weighted by Crippen LogP contribution is -2.58. The van der Waals surface area contributed by atoms with Crippen LogP contribution in [0.15, 0.2) is 48.5 Å². The summed E-state index contributed by atoms with van der Waals surface area (Å²) in [5.74, 6) is -0.324. The van der Waals surface area contributed by atoms with E-state index < -0.39 is 11.6 Å². The molecule has 0 aliphatic carbocycles. The number of halogens is 2. The van der Waals surface area contributed by atoms with E-state index in [1.165, 1.54) is 24.2 Å². The van der Waals surface area contributed by atoms with Crippen LogP contribution in [-0.4, -0.2) is 36.7 Å². The van der Waals surface area contributed by atoms with Crippen LogP contribution in [0.1, 0.15) is 19.4 Å². The minimum absolute atomic E-state index is 0.324. The maximum absolute atomic E-state index is 13.1. The Morgan fingerprint density at radius 2 is 1.64 bits per heavy atom. The number of nitrogens with zero attached hydrogens (tertiary/aromatic N) is 2. The van der Waals surface area contributed by atoms with Crippen LogP contribution in [0.4, 0.5) is 10.5 Å². The van der Waals surface area contributed by atoms with E-state index in [0.29, 0.717) is 22.3 Å². The normalized spacial score (nSPS) is 11.1. The molecule has 0 heterocycles. The first-order chi connectivity index (χ1) is 13.2. The number of likely N-dealkylation sites (N-methyl/N-ethyl adjacent to an activating group) is 1. The van der Waals surface area contributed by atoms with Crippen LogP contribution in [0.25, 0.3) is 0 Å². The highest BCUT2D eigenvalue weighted by Crippen LogP contribution is 2.21. The van der Waals surface area contributed by atoms with Crippen molar-refractivity contribution in [1.29, 1.82) is 0 Å². The van der Waals surface area contributed by atoms with Gasteiger partial charge in [0, 0.05) is 23.6 Å². The van der Waals surface area contributed by atoms with Crippen LogP contribution in [0.5, 0.6) is 0 Å². The number of ether oxygens (including phenoxy) is 1. The predicted octanol–water partition coefficient (Wildman–Crippen LogP) is 4.51. The lowest BCUT2D eigenvalue weighted by molar-refractivity contribution is -0.136. The molecule has 2 rings (SSSR count). The summed E-state index contributed by atoms with van der Waals surface area (Å²) < 4.78 is 4.85. The van der Waals surface area contributed by atoms with Crippen molar-refractivity contribution in [2.24, 2.45) is 0 Å². The number of anilines is 1. The molecule has 0 unspecified atom stereocenters. The molecule has 2 aromatic carbocycles. The number of carbonyl (C=O) groups is 2. The Morgan fingerprint density at radius 3 is 2.18 bits per heavy atom. The highest BCUT2D eigenvalue weighted by Gasteiger charge is 2.35. The van der Waals surface area contributed by atoms with E-state index in [4.69, 9.17) is 27.9 Å². The summed E-state index contributed by atoms with van der Waals surface area (Å²) in [4.78, 5) is 25.4. The summed E-state index contributed by atoms with van der Waals surface area (Å²) in [6.45, 7) is 3.84. The summed E-state index contributed by atoms with van der Waals surface area (Å²) in [6.07, 6.45) is -0.667. The minimum Gasteiger partial charge on any atom is -0.451 e. The van der Waals surface area contributed by atoms with Gasteiger partial charge in [0.25, 0.3) is 5.91 Å². The van der Waals surface area contributed by atoms with Gasteiger partial charge in [-0.1, -0.05) is 41.4 Å². The van der Waals surface area contributed by atoms with Crippen LogP contribution in [0.2, 0.25) is 10.0 Å². The first-order valence-corrected chi connectivity index (χ1v) is 9.32. The third-order valence-corrected chi connectivity index (χ3v) is 4.57. The summed E-state index contributed by atoms with van der Waals surface area (Å²) in [7, 11) is 2.79. The molecule has 0 aliphatic rings. The average Bonchev–Trinajstić information content (AvgIpc) is 2.66. The number of rotatable bonds is 5. The highest BCUT2D eigenvalue weighted by molar-refractivity contribution is 6.34. The second-order valence-electron chi connectivity index (χ2n) is 6.70. The van der Waals surface area contributed by atoms with Crippen molar-refractivity contribution in [1.82, 2.24) is 10.3 Å². The molecule has 0 aromatic heterocycles. The standard InChI is InChI=1S/C20H23Cl2N3O3/c1-20(2,23-13-14-10-15(21)12-16(22)11-14)18(26)24(3)25(19(27)28-4)17-8-6-5-7-9-17/h5-12,23H,13H2,1-4H3. The van der Waals surface area contributed by atoms with Gasteiger partial charge < -0.3 is 4.74 Å². The van der Waals surface area contributed by atoms with Crippen LogP contribution in [-0.2, 0) is 16.1 Å². The van der Waals surface area contributed by atoms with Crippen molar-refractivity contribution in [3.63, 3.8) is 0 Å². The first kappa shape index (κ1) is 22.0. The molecule has 0 bridgehead atoms. The molecule has 0 spiro atoms. The van der Waals surface area contributed by atoms with Gasteiger partial charge in [-0.3, -0.25) is 10.1 Å². The zero-order valence-electron chi connectivity index (χ0n) is 16.2. The Balaban J connectivity index is 2.19. The van der Waals surface area contributed by atoms with Gasteiger partial charge in [0.15, 0.2) is 0 Å². The van der Waals surface area contributed by atoms with E-state index in [1.807, 2.05) is 6.07 Å². The zero-order valence-corrected chi connectivity index (χ0v) is 17.7. The maximum atomic E-state index is 13.1. The van der Waals surface area contributed by atoms with Crippen LogP contribution >= 0.6 is 23.2 Å². The van der Waals surface area contributed by atoms with E-state index in [2.05, 4.69) is 5.32 Å². The second kappa shape index (κ2) is 9.28. The van der Waals surface area contributed by atoms with Crippen LogP contribution in [0.3, 0.4) is 0 Å². The van der Waals surface area contributed by atoms with Crippen molar-refractivity contribution in [2.75, 3.05) is 19.2 Å². The molecule has 2 aromatic rings. The molecule has 0 radical (unpaired) electrons. The summed E-state index contributed by atoms with van der Waals surface area (Å²) in [5.41, 5.74) is 0.376. The lowest BCUT2D eigenvalue weighted by atomic mass is 10.0. The molecular weight excluding hydrogens is 401 g/mol. The predicted molar refractivity (Wildman–Crippen MR) is 111 cm³/mol. The Labute approximate surface area is 174 Å². The molecule has 8 heteroatoms. The van der Waals surface area contributed by atoms with E-state index >= 15 is 0 Å². The number of hydrazine groups is 1. The molecule has 2 amide bonds. The Hall–Kier alpha value is -2.28. The minimum atomic E-state index is -0.982. The Morgan fingerprint density at radius 1 is 1.07 bits per heavy atom. The third-order valence-electron chi connectivity index (χ3n) is 4.13. The van der Waals surface area contributed by atoms with E-state index in [0.717, 1.165) is 5.56 Å². The number of para-hydroxylation sites is 1. The van der Waals surface area contributed by atoms with E-state index in [1.54, 1.807) is 56.3 Å². The Bertz CT molecular complexity index is 824. The number of nitrogens with one attached hydrogen (secondary N) is 1. The van der Waals surface area contributed by atoms with Gasteiger partial charge in [-0.05, 0) is 49.7 Å². The van der Waals surface area contributed by atoms with Crippen molar-refractivity contribution in [3.8, 4) is 0 Å². The molecular formula is C20H23Cl2N3O3. The maximum Gasteiger partial charge on any atom is 0.433 e. The van der Waals surface area contributed by atoms with Gasteiger partial charge in [-0.2, -0.15) is 5.01 Å². The summed E-state index contributed by atoms with van der Waals surface area (Å²) in [6, 6.07) is 14.0. The smallest absolute Gasteiger partial charge is 0.433 e. The third kappa shape index (κ3) is 5.38. The van der Waals surface area contributed by atoms with Crippen LogP contribution < -0.4 is 10.3 Å². The summed E-state index contributed by atoms with van der Waals surface area (Å²) >= 11 is 12.1.